The van der Waals surface area contributed by atoms with Gasteiger partial charge < -0.3 is 15.2 Å². The molecular formula is C27H29ClN6O. The number of likely N-dealkylation sites (N-methyl/N-ethyl adjacent to an activating group) is 1. The van der Waals surface area contributed by atoms with Crippen LogP contribution in [0.2, 0.25) is 5.02 Å². The summed E-state index contributed by atoms with van der Waals surface area (Å²) >= 11 is 6.45. The van der Waals surface area contributed by atoms with Gasteiger partial charge in [-0.3, -0.25) is 9.69 Å². The van der Waals surface area contributed by atoms with Crippen molar-refractivity contribution < 1.29 is 4.79 Å². The summed E-state index contributed by atoms with van der Waals surface area (Å²) in [6, 6.07) is 17.8. The molecule has 4 aromatic rings. The normalized spacial score (nSPS) is 18.7. The first kappa shape index (κ1) is 23.3. The summed E-state index contributed by atoms with van der Waals surface area (Å²) in [6.07, 6.45) is 1.64. The average Bonchev–Trinajstić information content (AvgIpc) is 3.29. The number of hydrogen-bond acceptors (Lipinski definition) is 5. The van der Waals surface area contributed by atoms with Gasteiger partial charge in [-0.15, -0.1) is 0 Å². The molecule has 2 N–H and O–H groups in total. The molecular weight excluding hydrogens is 460 g/mol. The number of halogens is 1. The Morgan fingerprint density at radius 3 is 2.57 bits per heavy atom. The van der Waals surface area contributed by atoms with Gasteiger partial charge in [0, 0.05) is 42.6 Å². The molecule has 7 nitrogen and oxygen atoms in total. The lowest BCUT2D eigenvalue weighted by Crippen LogP contribution is -2.56. The van der Waals surface area contributed by atoms with Gasteiger partial charge in [0.15, 0.2) is 0 Å². The van der Waals surface area contributed by atoms with Crippen LogP contribution in [0.4, 0.5) is 11.5 Å². The maximum absolute atomic E-state index is 12.9. The van der Waals surface area contributed by atoms with E-state index >= 15 is 0 Å². The molecule has 0 radical (unpaired) electrons. The molecule has 1 aliphatic heterocycles. The van der Waals surface area contributed by atoms with Gasteiger partial charge in [0.1, 0.15) is 11.6 Å². The molecule has 2 aromatic carbocycles. The minimum absolute atomic E-state index is 0.223. The molecule has 2 aromatic heterocycles. The number of anilines is 2. The number of hydrogen-bond donors (Lipinski definition) is 2. The molecule has 1 saturated heterocycles. The Labute approximate surface area is 210 Å². The Hall–Kier alpha value is -3.42. The van der Waals surface area contributed by atoms with Crippen LogP contribution in [0.3, 0.4) is 0 Å². The highest BCUT2D eigenvalue weighted by molar-refractivity contribution is 6.33. The number of nitrogens with zero attached hydrogens (tertiary/aromatic N) is 4. The van der Waals surface area contributed by atoms with E-state index in [0.29, 0.717) is 34.2 Å². The van der Waals surface area contributed by atoms with Crippen molar-refractivity contribution in [3.8, 4) is 11.4 Å². The molecule has 0 aliphatic carbocycles. The third kappa shape index (κ3) is 4.74. The predicted octanol–water partition coefficient (Wildman–Crippen LogP) is 5.45. The predicted molar refractivity (Wildman–Crippen MR) is 142 cm³/mol. The van der Waals surface area contributed by atoms with Gasteiger partial charge in [-0.05, 0) is 62.9 Å². The molecule has 5 rings (SSSR count). The van der Waals surface area contributed by atoms with Crippen LogP contribution in [-0.2, 0) is 0 Å². The zero-order valence-electron chi connectivity index (χ0n) is 20.1. The number of fused-ring (bicyclic) bond motifs is 1. The zero-order chi connectivity index (χ0) is 24.5. The van der Waals surface area contributed by atoms with Crippen LogP contribution in [0.1, 0.15) is 31.1 Å². The zero-order valence-corrected chi connectivity index (χ0v) is 20.9. The molecule has 35 heavy (non-hydrogen) atoms. The van der Waals surface area contributed by atoms with Crippen molar-refractivity contribution in [1.29, 1.82) is 0 Å². The summed E-state index contributed by atoms with van der Waals surface area (Å²) < 4.78 is 0. The highest BCUT2D eigenvalue weighted by Crippen LogP contribution is 2.30. The van der Waals surface area contributed by atoms with Crippen LogP contribution in [0, 0.1) is 0 Å². The summed E-state index contributed by atoms with van der Waals surface area (Å²) in [6.45, 7) is 9.59. The van der Waals surface area contributed by atoms with Crippen LogP contribution < -0.4 is 10.2 Å². The summed E-state index contributed by atoms with van der Waals surface area (Å²) in [4.78, 5) is 30.2. The number of aromatic amines is 1. The topological polar surface area (TPSA) is 77.1 Å². The summed E-state index contributed by atoms with van der Waals surface area (Å²) in [5, 5.41) is 3.51. The number of aromatic nitrogens is 3. The van der Waals surface area contributed by atoms with Crippen LogP contribution >= 0.6 is 11.6 Å². The van der Waals surface area contributed by atoms with E-state index in [-0.39, 0.29) is 5.91 Å². The number of amides is 1. The van der Waals surface area contributed by atoms with E-state index < -0.39 is 0 Å². The average molecular weight is 489 g/mol. The fourth-order valence-electron chi connectivity index (χ4n) is 4.94. The van der Waals surface area contributed by atoms with Crippen molar-refractivity contribution in [2.24, 2.45) is 0 Å². The lowest BCUT2D eigenvalue weighted by Gasteiger charge is -2.44. The molecule has 1 fully saturated rings. The van der Waals surface area contributed by atoms with Gasteiger partial charge in [0.05, 0.1) is 21.6 Å². The standard InChI is InChI=1S/C27H29ClN6O/c1-4-34-17(2)15-33(16-18(34)3)25-12-9-19(14-29-25)27(35)30-20-10-11-22(28)21(13-20)26-31-23-7-5-6-8-24(23)32-26/h5-14,17-18H,4,15-16H2,1-3H3,(H,30,35)(H,31,32)/t17-,18+. The lowest BCUT2D eigenvalue weighted by molar-refractivity contribution is 0.102. The molecule has 0 saturated carbocycles. The number of piperazine rings is 1. The largest absolute Gasteiger partial charge is 0.354 e. The second-order valence-corrected chi connectivity index (χ2v) is 9.50. The third-order valence-electron chi connectivity index (χ3n) is 6.67. The number of rotatable bonds is 5. The summed E-state index contributed by atoms with van der Waals surface area (Å²) in [5.41, 5.74) is 3.65. The van der Waals surface area contributed by atoms with Gasteiger partial charge in [-0.1, -0.05) is 30.7 Å². The molecule has 0 bridgehead atoms. The quantitative estimate of drug-likeness (QED) is 0.390. The molecule has 1 aliphatic rings. The number of para-hydroxylation sites is 2. The number of nitrogens with one attached hydrogen (secondary N) is 2. The minimum Gasteiger partial charge on any atom is -0.354 e. The van der Waals surface area contributed by atoms with Gasteiger partial charge in [-0.2, -0.15) is 0 Å². The van der Waals surface area contributed by atoms with E-state index in [1.165, 1.54) is 0 Å². The van der Waals surface area contributed by atoms with Crippen molar-refractivity contribution in [1.82, 2.24) is 19.9 Å². The fraction of sp³-hybridized carbons (Fsp3) is 0.296. The highest BCUT2D eigenvalue weighted by atomic mass is 35.5. The van der Waals surface area contributed by atoms with E-state index in [1.807, 2.05) is 42.5 Å². The maximum Gasteiger partial charge on any atom is 0.257 e. The van der Waals surface area contributed by atoms with Gasteiger partial charge in [0.25, 0.3) is 5.91 Å². The van der Waals surface area contributed by atoms with E-state index in [0.717, 1.165) is 42.0 Å². The fourth-order valence-corrected chi connectivity index (χ4v) is 5.15. The van der Waals surface area contributed by atoms with E-state index in [4.69, 9.17) is 11.6 Å². The van der Waals surface area contributed by atoms with E-state index in [2.05, 4.69) is 50.8 Å². The van der Waals surface area contributed by atoms with Crippen LogP contribution in [0.15, 0.2) is 60.8 Å². The number of H-pyrrole nitrogens is 1. The maximum atomic E-state index is 12.9. The first-order valence-corrected chi connectivity index (χ1v) is 12.3. The minimum atomic E-state index is -0.223. The van der Waals surface area contributed by atoms with Crippen molar-refractivity contribution >= 4 is 40.0 Å². The first-order chi connectivity index (χ1) is 16.9. The Balaban J connectivity index is 1.31. The SMILES string of the molecule is CCN1[C@H](C)CN(c2ccc(C(=O)Nc3ccc(Cl)c(-c4nc5ccccc5[nH]4)c3)cn2)C[C@@H]1C. The Kier molecular flexibility index (Phi) is 6.45. The van der Waals surface area contributed by atoms with Gasteiger partial charge in [-0.25, -0.2) is 9.97 Å². The second-order valence-electron chi connectivity index (χ2n) is 9.09. The smallest absolute Gasteiger partial charge is 0.257 e. The summed E-state index contributed by atoms with van der Waals surface area (Å²) in [7, 11) is 0. The molecule has 2 atom stereocenters. The third-order valence-corrected chi connectivity index (χ3v) is 7.00. The van der Waals surface area contributed by atoms with E-state index in [1.54, 1.807) is 18.3 Å². The number of pyridine rings is 1. The Bertz CT molecular complexity index is 1310. The van der Waals surface area contributed by atoms with Crippen molar-refractivity contribution in [2.75, 3.05) is 29.9 Å². The van der Waals surface area contributed by atoms with E-state index in [9.17, 15) is 4.79 Å². The van der Waals surface area contributed by atoms with Crippen LogP contribution in [0.5, 0.6) is 0 Å². The second kappa shape index (κ2) is 9.68. The number of imidazole rings is 1. The van der Waals surface area contributed by atoms with Gasteiger partial charge >= 0.3 is 0 Å². The van der Waals surface area contributed by atoms with Crippen LogP contribution in [0.25, 0.3) is 22.4 Å². The molecule has 0 spiro atoms. The molecule has 1 amide bonds. The van der Waals surface area contributed by atoms with Crippen molar-refractivity contribution in [3.63, 3.8) is 0 Å². The lowest BCUT2D eigenvalue weighted by atomic mass is 10.1. The highest BCUT2D eigenvalue weighted by Gasteiger charge is 2.28. The van der Waals surface area contributed by atoms with Crippen molar-refractivity contribution in [2.45, 2.75) is 32.9 Å². The van der Waals surface area contributed by atoms with Gasteiger partial charge in [0.2, 0.25) is 0 Å². The van der Waals surface area contributed by atoms with Crippen LogP contribution in [-0.4, -0.2) is 57.5 Å². The molecule has 0 unspecified atom stereocenters. The number of carbonyl (C=O) groups excluding carboxylic acids is 1. The first-order valence-electron chi connectivity index (χ1n) is 12.0. The molecule has 8 heteroatoms. The number of benzene rings is 2. The van der Waals surface area contributed by atoms with Crippen molar-refractivity contribution in [3.05, 3.63) is 71.4 Å². The summed E-state index contributed by atoms with van der Waals surface area (Å²) in [5.74, 6) is 1.33. The monoisotopic (exact) mass is 488 g/mol. The Morgan fingerprint density at radius 2 is 1.89 bits per heavy atom. The Morgan fingerprint density at radius 1 is 1.11 bits per heavy atom. The molecule has 3 heterocycles. The molecule has 180 valence electrons. The number of carbonyl (C=O) groups is 1.